The Kier molecular flexibility index (Phi) is 5.73. The molecule has 1 aliphatic rings. The highest BCUT2D eigenvalue weighted by molar-refractivity contribution is 5.73. The molecule has 0 amide bonds. The lowest BCUT2D eigenvalue weighted by molar-refractivity contribution is -0.142. The summed E-state index contributed by atoms with van der Waals surface area (Å²) >= 11 is 0. The average molecular weight is 359 g/mol. The molecule has 1 saturated heterocycles. The van der Waals surface area contributed by atoms with E-state index in [1.54, 1.807) is 24.3 Å². The Balaban J connectivity index is 1.67. The minimum absolute atomic E-state index is 0.216. The summed E-state index contributed by atoms with van der Waals surface area (Å²) in [7, 11) is 0. The van der Waals surface area contributed by atoms with Gasteiger partial charge in [-0.05, 0) is 50.6 Å². The second kappa shape index (κ2) is 8.19. The molecule has 2 aromatic rings. The van der Waals surface area contributed by atoms with Crippen LogP contribution in [0.25, 0.3) is 0 Å². The molecule has 0 saturated carbocycles. The standard InChI is InChI=1S/C20H22FNO4/c1-14(13-22-11-5-8-17(22)20(23)24)25-18-9-2-3-10-19(18)26-16-7-4-6-15(21)12-16/h2-4,6-7,9-10,12,14,17H,5,8,11,13H2,1H3,(H,23,24)/t14?,17-/m0/s1. The number of carboxylic acid groups (broad SMARTS) is 1. The van der Waals surface area contributed by atoms with Gasteiger partial charge in [0.25, 0.3) is 0 Å². The van der Waals surface area contributed by atoms with Crippen LogP contribution < -0.4 is 9.47 Å². The molecule has 1 heterocycles. The molecular weight excluding hydrogens is 337 g/mol. The van der Waals surface area contributed by atoms with Crippen LogP contribution in [0.3, 0.4) is 0 Å². The van der Waals surface area contributed by atoms with Crippen molar-refractivity contribution in [2.45, 2.75) is 31.9 Å². The summed E-state index contributed by atoms with van der Waals surface area (Å²) in [5.74, 6) is 0.253. The average Bonchev–Trinajstić information content (AvgIpc) is 3.05. The molecule has 0 radical (unpaired) electrons. The molecule has 0 aliphatic carbocycles. The molecule has 6 heteroatoms. The van der Waals surface area contributed by atoms with Crippen molar-refractivity contribution in [2.75, 3.05) is 13.1 Å². The van der Waals surface area contributed by atoms with E-state index >= 15 is 0 Å². The maximum Gasteiger partial charge on any atom is 0.320 e. The van der Waals surface area contributed by atoms with E-state index in [0.29, 0.717) is 30.2 Å². The molecule has 1 N–H and O–H groups in total. The zero-order chi connectivity index (χ0) is 18.5. The molecule has 0 spiro atoms. The summed E-state index contributed by atoms with van der Waals surface area (Å²) in [6, 6.07) is 12.6. The lowest BCUT2D eigenvalue weighted by atomic mass is 10.2. The van der Waals surface area contributed by atoms with Gasteiger partial charge in [-0.2, -0.15) is 0 Å². The minimum Gasteiger partial charge on any atom is -0.485 e. The second-order valence-electron chi connectivity index (χ2n) is 6.43. The molecule has 0 aromatic heterocycles. The molecule has 1 aliphatic heterocycles. The van der Waals surface area contributed by atoms with E-state index in [-0.39, 0.29) is 11.9 Å². The Bertz CT molecular complexity index is 767. The van der Waals surface area contributed by atoms with Crippen LogP contribution in [0.2, 0.25) is 0 Å². The number of para-hydroxylation sites is 2. The van der Waals surface area contributed by atoms with Crippen molar-refractivity contribution < 1.29 is 23.8 Å². The molecule has 2 aromatic carbocycles. The lowest BCUT2D eigenvalue weighted by Gasteiger charge is -2.25. The molecule has 26 heavy (non-hydrogen) atoms. The number of carboxylic acids is 1. The predicted molar refractivity (Wildman–Crippen MR) is 95.2 cm³/mol. The van der Waals surface area contributed by atoms with Gasteiger partial charge in [0, 0.05) is 12.6 Å². The van der Waals surface area contributed by atoms with E-state index in [1.807, 2.05) is 24.0 Å². The molecule has 1 unspecified atom stereocenters. The van der Waals surface area contributed by atoms with Gasteiger partial charge in [0.15, 0.2) is 11.5 Å². The Hall–Kier alpha value is -2.60. The van der Waals surface area contributed by atoms with Crippen molar-refractivity contribution in [1.82, 2.24) is 4.90 Å². The van der Waals surface area contributed by atoms with Gasteiger partial charge in [-0.25, -0.2) is 4.39 Å². The first-order valence-corrected chi connectivity index (χ1v) is 8.69. The molecule has 2 atom stereocenters. The summed E-state index contributed by atoms with van der Waals surface area (Å²) in [5, 5.41) is 9.28. The first-order chi connectivity index (χ1) is 12.5. The van der Waals surface area contributed by atoms with Crippen molar-refractivity contribution in [3.8, 4) is 17.2 Å². The van der Waals surface area contributed by atoms with Gasteiger partial charge < -0.3 is 14.6 Å². The highest BCUT2D eigenvalue weighted by atomic mass is 19.1. The number of hydrogen-bond donors (Lipinski definition) is 1. The molecule has 3 rings (SSSR count). The number of nitrogens with zero attached hydrogens (tertiary/aromatic N) is 1. The van der Waals surface area contributed by atoms with Crippen molar-refractivity contribution in [2.24, 2.45) is 0 Å². The highest BCUT2D eigenvalue weighted by Gasteiger charge is 2.31. The summed E-state index contributed by atoms with van der Waals surface area (Å²) < 4.78 is 25.1. The van der Waals surface area contributed by atoms with Crippen LogP contribution in [0, 0.1) is 5.82 Å². The SMILES string of the molecule is CC(CN1CCC[C@H]1C(=O)O)Oc1ccccc1Oc1cccc(F)c1. The number of ether oxygens (including phenoxy) is 2. The van der Waals surface area contributed by atoms with Crippen LogP contribution >= 0.6 is 0 Å². The molecular formula is C20H22FNO4. The number of aliphatic carboxylic acids is 1. The predicted octanol–water partition coefficient (Wildman–Crippen LogP) is 3.93. The molecule has 5 nitrogen and oxygen atoms in total. The minimum atomic E-state index is -0.787. The van der Waals surface area contributed by atoms with Gasteiger partial charge in [-0.15, -0.1) is 0 Å². The zero-order valence-electron chi connectivity index (χ0n) is 14.6. The van der Waals surface area contributed by atoms with Crippen molar-refractivity contribution in [3.63, 3.8) is 0 Å². The number of rotatable bonds is 7. The second-order valence-corrected chi connectivity index (χ2v) is 6.43. The van der Waals surface area contributed by atoms with E-state index in [9.17, 15) is 14.3 Å². The van der Waals surface area contributed by atoms with E-state index in [0.717, 1.165) is 13.0 Å². The quantitative estimate of drug-likeness (QED) is 0.812. The maximum absolute atomic E-state index is 13.3. The van der Waals surface area contributed by atoms with Gasteiger partial charge >= 0.3 is 5.97 Å². The van der Waals surface area contributed by atoms with Crippen LogP contribution in [0.5, 0.6) is 17.2 Å². The van der Waals surface area contributed by atoms with E-state index in [4.69, 9.17) is 9.47 Å². The van der Waals surface area contributed by atoms with Crippen LogP contribution in [-0.4, -0.2) is 41.2 Å². The van der Waals surface area contributed by atoms with Gasteiger partial charge in [0.05, 0.1) is 0 Å². The van der Waals surface area contributed by atoms with Gasteiger partial charge in [0.2, 0.25) is 0 Å². The first-order valence-electron chi connectivity index (χ1n) is 8.69. The zero-order valence-corrected chi connectivity index (χ0v) is 14.6. The van der Waals surface area contributed by atoms with Crippen LogP contribution in [0.1, 0.15) is 19.8 Å². The third-order valence-electron chi connectivity index (χ3n) is 4.34. The van der Waals surface area contributed by atoms with Crippen molar-refractivity contribution in [1.29, 1.82) is 0 Å². The third kappa shape index (κ3) is 4.52. The van der Waals surface area contributed by atoms with Gasteiger partial charge in [0.1, 0.15) is 23.7 Å². The normalized spacial score (nSPS) is 18.5. The number of likely N-dealkylation sites (tertiary alicyclic amines) is 1. The molecule has 138 valence electrons. The Labute approximate surface area is 152 Å². The maximum atomic E-state index is 13.3. The van der Waals surface area contributed by atoms with E-state index in [2.05, 4.69) is 0 Å². The Morgan fingerprint density at radius 3 is 2.77 bits per heavy atom. The topological polar surface area (TPSA) is 59.0 Å². The van der Waals surface area contributed by atoms with Crippen LogP contribution in [-0.2, 0) is 4.79 Å². The first kappa shape index (κ1) is 18.2. The highest BCUT2D eigenvalue weighted by Crippen LogP contribution is 2.32. The Morgan fingerprint density at radius 2 is 2.04 bits per heavy atom. The van der Waals surface area contributed by atoms with E-state index in [1.165, 1.54) is 12.1 Å². The van der Waals surface area contributed by atoms with Crippen molar-refractivity contribution in [3.05, 3.63) is 54.3 Å². The van der Waals surface area contributed by atoms with Crippen LogP contribution in [0.15, 0.2) is 48.5 Å². The number of carbonyl (C=O) groups is 1. The number of benzene rings is 2. The van der Waals surface area contributed by atoms with Gasteiger partial charge in [-0.3, -0.25) is 9.69 Å². The Morgan fingerprint density at radius 1 is 1.27 bits per heavy atom. The molecule has 1 fully saturated rings. The summed E-state index contributed by atoms with van der Waals surface area (Å²) in [5.41, 5.74) is 0. The summed E-state index contributed by atoms with van der Waals surface area (Å²) in [6.45, 7) is 3.17. The van der Waals surface area contributed by atoms with E-state index < -0.39 is 12.0 Å². The monoisotopic (exact) mass is 359 g/mol. The fourth-order valence-electron chi connectivity index (χ4n) is 3.20. The molecule has 0 bridgehead atoms. The lowest BCUT2D eigenvalue weighted by Crippen LogP contribution is -2.41. The number of halogens is 1. The third-order valence-corrected chi connectivity index (χ3v) is 4.34. The van der Waals surface area contributed by atoms with Crippen molar-refractivity contribution >= 4 is 5.97 Å². The van der Waals surface area contributed by atoms with Gasteiger partial charge in [-0.1, -0.05) is 18.2 Å². The number of hydrogen-bond acceptors (Lipinski definition) is 4. The summed E-state index contributed by atoms with van der Waals surface area (Å²) in [6.07, 6.45) is 1.33. The fraction of sp³-hybridized carbons (Fsp3) is 0.350. The largest absolute Gasteiger partial charge is 0.485 e. The fourth-order valence-corrected chi connectivity index (χ4v) is 3.20. The summed E-state index contributed by atoms with van der Waals surface area (Å²) in [4.78, 5) is 13.2. The smallest absolute Gasteiger partial charge is 0.320 e. The van der Waals surface area contributed by atoms with Crippen LogP contribution in [0.4, 0.5) is 4.39 Å².